The maximum absolute atomic E-state index is 5.67. The third kappa shape index (κ3) is 3.47. The Morgan fingerprint density at radius 2 is 1.92 bits per heavy atom. The van der Waals surface area contributed by atoms with Crippen molar-refractivity contribution in [2.75, 3.05) is 7.11 Å². The fraction of sp³-hybridized carbons (Fsp3) is 0.455. The number of ether oxygens (including phenoxy) is 1. The predicted molar refractivity (Wildman–Crippen MR) is 55.0 cm³/mol. The standard InChI is InChI=1S/C11H17NO/c1-9(12)3-4-10-5-7-11(13-2)8-6-10/h5-9H,3-4,12H2,1-2H3/t9-/m1/s1. The number of methoxy groups -OCH3 is 1. The molecule has 0 bridgehead atoms. The molecule has 1 aromatic carbocycles. The summed E-state index contributed by atoms with van der Waals surface area (Å²) in [6.45, 7) is 2.03. The number of nitrogens with two attached hydrogens (primary N) is 1. The zero-order valence-electron chi connectivity index (χ0n) is 8.29. The Balaban J connectivity index is 2.49. The first-order valence-electron chi connectivity index (χ1n) is 4.61. The Morgan fingerprint density at radius 3 is 2.38 bits per heavy atom. The van der Waals surface area contributed by atoms with Crippen LogP contribution in [-0.4, -0.2) is 13.2 Å². The van der Waals surface area contributed by atoms with Crippen LogP contribution in [0.15, 0.2) is 24.3 Å². The van der Waals surface area contributed by atoms with Gasteiger partial charge in [0, 0.05) is 6.04 Å². The minimum Gasteiger partial charge on any atom is -0.497 e. The fourth-order valence-corrected chi connectivity index (χ4v) is 1.19. The van der Waals surface area contributed by atoms with Crippen molar-refractivity contribution in [2.24, 2.45) is 5.73 Å². The van der Waals surface area contributed by atoms with Crippen LogP contribution in [0.2, 0.25) is 0 Å². The van der Waals surface area contributed by atoms with Crippen molar-refractivity contribution in [3.8, 4) is 5.75 Å². The summed E-state index contributed by atoms with van der Waals surface area (Å²) in [6.07, 6.45) is 2.08. The average molecular weight is 179 g/mol. The highest BCUT2D eigenvalue weighted by molar-refractivity contribution is 5.27. The van der Waals surface area contributed by atoms with Gasteiger partial charge in [-0.15, -0.1) is 0 Å². The molecule has 1 rings (SSSR count). The summed E-state index contributed by atoms with van der Waals surface area (Å²) < 4.78 is 5.07. The minimum atomic E-state index is 0.280. The number of hydrogen-bond donors (Lipinski definition) is 1. The van der Waals surface area contributed by atoms with Crippen molar-refractivity contribution in [2.45, 2.75) is 25.8 Å². The Morgan fingerprint density at radius 1 is 1.31 bits per heavy atom. The number of benzene rings is 1. The van der Waals surface area contributed by atoms with E-state index in [0.29, 0.717) is 0 Å². The van der Waals surface area contributed by atoms with E-state index in [1.165, 1.54) is 5.56 Å². The summed E-state index contributed by atoms with van der Waals surface area (Å²) >= 11 is 0. The Labute approximate surface area is 79.7 Å². The molecule has 0 aliphatic rings. The van der Waals surface area contributed by atoms with Crippen LogP contribution in [0.5, 0.6) is 5.75 Å². The lowest BCUT2D eigenvalue weighted by Gasteiger charge is -2.05. The van der Waals surface area contributed by atoms with Gasteiger partial charge in [0.25, 0.3) is 0 Å². The molecule has 0 aliphatic heterocycles. The number of aryl methyl sites for hydroxylation is 1. The van der Waals surface area contributed by atoms with E-state index < -0.39 is 0 Å². The van der Waals surface area contributed by atoms with Gasteiger partial charge >= 0.3 is 0 Å². The molecule has 72 valence electrons. The second kappa shape index (κ2) is 4.87. The Kier molecular flexibility index (Phi) is 3.77. The highest BCUT2D eigenvalue weighted by Crippen LogP contribution is 2.12. The van der Waals surface area contributed by atoms with Gasteiger partial charge in [0.2, 0.25) is 0 Å². The van der Waals surface area contributed by atoms with Crippen LogP contribution in [-0.2, 0) is 6.42 Å². The van der Waals surface area contributed by atoms with Crippen molar-refractivity contribution >= 4 is 0 Å². The molecule has 0 aromatic heterocycles. The van der Waals surface area contributed by atoms with E-state index in [0.717, 1.165) is 18.6 Å². The Hall–Kier alpha value is -1.02. The first-order chi connectivity index (χ1) is 6.22. The molecule has 2 nitrogen and oxygen atoms in total. The lowest BCUT2D eigenvalue weighted by atomic mass is 10.1. The molecular formula is C11H17NO. The van der Waals surface area contributed by atoms with E-state index in [1.54, 1.807) is 7.11 Å². The number of rotatable bonds is 4. The molecule has 1 atom stereocenters. The molecule has 0 aliphatic carbocycles. The molecule has 0 spiro atoms. The van der Waals surface area contributed by atoms with Gasteiger partial charge < -0.3 is 10.5 Å². The highest BCUT2D eigenvalue weighted by Gasteiger charge is 1.97. The monoisotopic (exact) mass is 179 g/mol. The van der Waals surface area contributed by atoms with Crippen LogP contribution in [0.3, 0.4) is 0 Å². The van der Waals surface area contributed by atoms with Crippen LogP contribution >= 0.6 is 0 Å². The van der Waals surface area contributed by atoms with Crippen molar-refractivity contribution in [3.05, 3.63) is 29.8 Å². The lowest BCUT2D eigenvalue weighted by molar-refractivity contribution is 0.414. The first-order valence-corrected chi connectivity index (χ1v) is 4.61. The fourth-order valence-electron chi connectivity index (χ4n) is 1.19. The normalized spacial score (nSPS) is 12.5. The third-order valence-corrected chi connectivity index (χ3v) is 2.05. The number of hydrogen-bond acceptors (Lipinski definition) is 2. The van der Waals surface area contributed by atoms with E-state index >= 15 is 0 Å². The first kappa shape index (κ1) is 10.1. The molecular weight excluding hydrogens is 162 g/mol. The van der Waals surface area contributed by atoms with Crippen LogP contribution in [0.4, 0.5) is 0 Å². The van der Waals surface area contributed by atoms with Crippen molar-refractivity contribution in [3.63, 3.8) is 0 Å². The predicted octanol–water partition coefficient (Wildman–Crippen LogP) is 1.98. The highest BCUT2D eigenvalue weighted by atomic mass is 16.5. The van der Waals surface area contributed by atoms with E-state index in [4.69, 9.17) is 10.5 Å². The van der Waals surface area contributed by atoms with Crippen LogP contribution < -0.4 is 10.5 Å². The van der Waals surface area contributed by atoms with Crippen molar-refractivity contribution < 1.29 is 4.74 Å². The van der Waals surface area contributed by atoms with Gasteiger partial charge in [0.15, 0.2) is 0 Å². The summed E-state index contributed by atoms with van der Waals surface area (Å²) in [5.41, 5.74) is 6.99. The maximum atomic E-state index is 5.67. The summed E-state index contributed by atoms with van der Waals surface area (Å²) in [7, 11) is 1.68. The largest absolute Gasteiger partial charge is 0.497 e. The van der Waals surface area contributed by atoms with Crippen LogP contribution in [0.25, 0.3) is 0 Å². The smallest absolute Gasteiger partial charge is 0.118 e. The van der Waals surface area contributed by atoms with Gasteiger partial charge in [-0.25, -0.2) is 0 Å². The van der Waals surface area contributed by atoms with Gasteiger partial charge in [0.1, 0.15) is 5.75 Å². The molecule has 2 N–H and O–H groups in total. The van der Waals surface area contributed by atoms with Gasteiger partial charge in [-0.3, -0.25) is 0 Å². The summed E-state index contributed by atoms with van der Waals surface area (Å²) in [5, 5.41) is 0. The van der Waals surface area contributed by atoms with E-state index in [2.05, 4.69) is 12.1 Å². The quantitative estimate of drug-likeness (QED) is 0.767. The molecule has 0 saturated carbocycles. The third-order valence-electron chi connectivity index (χ3n) is 2.05. The van der Waals surface area contributed by atoms with E-state index in [-0.39, 0.29) is 6.04 Å². The summed E-state index contributed by atoms with van der Waals surface area (Å²) in [4.78, 5) is 0. The van der Waals surface area contributed by atoms with E-state index in [9.17, 15) is 0 Å². The molecule has 1 aromatic rings. The van der Waals surface area contributed by atoms with Crippen LogP contribution in [0.1, 0.15) is 18.9 Å². The second-order valence-corrected chi connectivity index (χ2v) is 3.36. The van der Waals surface area contributed by atoms with Crippen molar-refractivity contribution in [1.82, 2.24) is 0 Å². The molecule has 2 heteroatoms. The van der Waals surface area contributed by atoms with Crippen molar-refractivity contribution in [1.29, 1.82) is 0 Å². The summed E-state index contributed by atoms with van der Waals surface area (Å²) in [5.74, 6) is 0.907. The topological polar surface area (TPSA) is 35.2 Å². The lowest BCUT2D eigenvalue weighted by Crippen LogP contribution is -2.15. The molecule has 0 unspecified atom stereocenters. The second-order valence-electron chi connectivity index (χ2n) is 3.36. The Bertz CT molecular complexity index is 241. The van der Waals surface area contributed by atoms with Gasteiger partial charge in [-0.05, 0) is 37.5 Å². The maximum Gasteiger partial charge on any atom is 0.118 e. The SMILES string of the molecule is COc1ccc(CC[C@@H](C)N)cc1. The molecule has 0 saturated heterocycles. The van der Waals surface area contributed by atoms with Gasteiger partial charge in [-0.2, -0.15) is 0 Å². The minimum absolute atomic E-state index is 0.280. The zero-order valence-corrected chi connectivity index (χ0v) is 8.29. The zero-order chi connectivity index (χ0) is 9.68. The molecule has 0 fully saturated rings. The molecule has 13 heavy (non-hydrogen) atoms. The van der Waals surface area contributed by atoms with Crippen LogP contribution in [0, 0.1) is 0 Å². The van der Waals surface area contributed by atoms with Gasteiger partial charge in [0.05, 0.1) is 7.11 Å². The molecule has 0 amide bonds. The van der Waals surface area contributed by atoms with Gasteiger partial charge in [-0.1, -0.05) is 12.1 Å². The summed E-state index contributed by atoms with van der Waals surface area (Å²) in [6, 6.07) is 8.41. The molecule has 0 heterocycles. The average Bonchev–Trinajstić information content (AvgIpc) is 2.15. The van der Waals surface area contributed by atoms with E-state index in [1.807, 2.05) is 19.1 Å². The molecule has 0 radical (unpaired) electrons.